The Hall–Kier alpha value is -5.24. The predicted molar refractivity (Wildman–Crippen MR) is 173 cm³/mol. The highest BCUT2D eigenvalue weighted by atomic mass is 16.5. The molecule has 8 nitrogen and oxygen atoms in total. The highest BCUT2D eigenvalue weighted by Crippen LogP contribution is 2.58. The molecule has 0 saturated carbocycles. The Balaban J connectivity index is 1.78. The number of hydrogen-bond donors (Lipinski definition) is 0. The van der Waals surface area contributed by atoms with E-state index in [1.165, 1.54) is 0 Å². The molecule has 3 aromatic carbocycles. The first-order valence-corrected chi connectivity index (χ1v) is 14.0. The van der Waals surface area contributed by atoms with Crippen LogP contribution in [0.4, 0.5) is 0 Å². The molecule has 2 aromatic heterocycles. The van der Waals surface area contributed by atoms with Crippen molar-refractivity contribution >= 4 is 0 Å². The summed E-state index contributed by atoms with van der Waals surface area (Å²) in [6.45, 7) is 4.14. The molecule has 2 heterocycles. The number of hydrogen-bond acceptors (Lipinski definition) is 8. The first kappa shape index (κ1) is 30.2. The zero-order valence-electron chi connectivity index (χ0n) is 26.3. The number of nitrogens with zero attached hydrogens (tertiary/aromatic N) is 2. The Bertz CT molecular complexity index is 1750. The Morgan fingerprint density at radius 1 is 0.500 bits per heavy atom. The van der Waals surface area contributed by atoms with Crippen LogP contribution >= 0.6 is 0 Å². The van der Waals surface area contributed by atoms with E-state index in [0.717, 1.165) is 39.2 Å². The van der Waals surface area contributed by atoms with Crippen molar-refractivity contribution < 1.29 is 28.4 Å². The van der Waals surface area contributed by atoms with Gasteiger partial charge < -0.3 is 28.4 Å². The zero-order valence-corrected chi connectivity index (χ0v) is 26.3. The van der Waals surface area contributed by atoms with Crippen molar-refractivity contribution in [1.29, 1.82) is 0 Å². The van der Waals surface area contributed by atoms with Gasteiger partial charge in [-0.1, -0.05) is 35.9 Å². The Morgan fingerprint density at radius 2 is 1.09 bits per heavy atom. The largest absolute Gasteiger partial charge is 0.496 e. The fourth-order valence-electron chi connectivity index (χ4n) is 5.48. The van der Waals surface area contributed by atoms with Crippen LogP contribution in [0.1, 0.15) is 11.1 Å². The molecule has 5 rings (SSSR count). The van der Waals surface area contributed by atoms with Crippen molar-refractivity contribution in [1.82, 2.24) is 9.97 Å². The Kier molecular flexibility index (Phi) is 8.90. The number of methoxy groups -OCH3 is 6. The standard InChI is InChI=1S/C36H36N2O6/c1-21-12-13-22(2)24(17-21)25-18-30(40-4)26(19-29(25)39-3)32-35(43-7)33(41-5)31(34(42-6)36(32)44-8)23-14-15-28(38-20-23)27-11-9-10-16-37-27/h9-20H,1-8H3. The van der Waals surface area contributed by atoms with Crippen LogP contribution in [0, 0.1) is 13.8 Å². The molecule has 44 heavy (non-hydrogen) atoms. The molecule has 5 aromatic rings. The average molecular weight is 593 g/mol. The van der Waals surface area contributed by atoms with Crippen LogP contribution in [-0.2, 0) is 0 Å². The van der Waals surface area contributed by atoms with Crippen molar-refractivity contribution in [2.45, 2.75) is 13.8 Å². The van der Waals surface area contributed by atoms with E-state index in [0.29, 0.717) is 51.2 Å². The van der Waals surface area contributed by atoms with Crippen molar-refractivity contribution in [2.75, 3.05) is 42.7 Å². The summed E-state index contributed by atoms with van der Waals surface area (Å²) in [5.41, 5.74) is 8.38. The van der Waals surface area contributed by atoms with Crippen molar-refractivity contribution in [3.63, 3.8) is 0 Å². The van der Waals surface area contributed by atoms with Gasteiger partial charge in [0.15, 0.2) is 23.0 Å². The molecule has 0 radical (unpaired) electrons. The number of ether oxygens (including phenoxy) is 6. The molecule has 0 saturated heterocycles. The van der Waals surface area contributed by atoms with Crippen LogP contribution in [0.3, 0.4) is 0 Å². The number of benzene rings is 3. The van der Waals surface area contributed by atoms with Gasteiger partial charge >= 0.3 is 0 Å². The van der Waals surface area contributed by atoms with Crippen molar-refractivity contribution in [2.24, 2.45) is 0 Å². The third-order valence-corrected chi connectivity index (χ3v) is 7.59. The van der Waals surface area contributed by atoms with E-state index < -0.39 is 0 Å². The van der Waals surface area contributed by atoms with Gasteiger partial charge in [-0.25, -0.2) is 0 Å². The summed E-state index contributed by atoms with van der Waals surface area (Å²) in [7, 11) is 9.65. The number of pyridine rings is 2. The molecule has 226 valence electrons. The van der Waals surface area contributed by atoms with Gasteiger partial charge in [0.1, 0.15) is 11.5 Å². The van der Waals surface area contributed by atoms with Gasteiger partial charge in [-0.15, -0.1) is 0 Å². The lowest BCUT2D eigenvalue weighted by atomic mass is 9.91. The second kappa shape index (κ2) is 13.0. The van der Waals surface area contributed by atoms with Gasteiger partial charge in [0.05, 0.1) is 65.2 Å². The van der Waals surface area contributed by atoms with Crippen molar-refractivity contribution in [3.05, 3.63) is 84.2 Å². The summed E-state index contributed by atoms with van der Waals surface area (Å²) >= 11 is 0. The minimum Gasteiger partial charge on any atom is -0.496 e. The summed E-state index contributed by atoms with van der Waals surface area (Å²) in [5, 5.41) is 0. The van der Waals surface area contributed by atoms with Gasteiger partial charge in [0.2, 0.25) is 0 Å². The monoisotopic (exact) mass is 592 g/mol. The molecule has 0 unspecified atom stereocenters. The molecule has 0 aliphatic heterocycles. The fourth-order valence-corrected chi connectivity index (χ4v) is 5.48. The summed E-state index contributed by atoms with van der Waals surface area (Å²) < 4.78 is 36.1. The molecule has 8 heteroatoms. The predicted octanol–water partition coefficient (Wildman–Crippen LogP) is 7.81. The first-order valence-electron chi connectivity index (χ1n) is 14.0. The summed E-state index contributed by atoms with van der Waals surface area (Å²) in [5.74, 6) is 3.04. The Morgan fingerprint density at radius 3 is 1.64 bits per heavy atom. The minimum absolute atomic E-state index is 0.439. The summed E-state index contributed by atoms with van der Waals surface area (Å²) in [4.78, 5) is 9.09. The molecular weight excluding hydrogens is 556 g/mol. The molecule has 0 fully saturated rings. The van der Waals surface area contributed by atoms with E-state index in [-0.39, 0.29) is 0 Å². The first-order chi connectivity index (χ1) is 21.4. The minimum atomic E-state index is 0.439. The van der Waals surface area contributed by atoms with Crippen LogP contribution in [0.2, 0.25) is 0 Å². The van der Waals surface area contributed by atoms with Gasteiger partial charge in [0, 0.05) is 29.1 Å². The summed E-state index contributed by atoms with van der Waals surface area (Å²) in [6, 6.07) is 19.8. The molecule has 0 amide bonds. The van der Waals surface area contributed by atoms with E-state index in [4.69, 9.17) is 28.4 Å². The fraction of sp³-hybridized carbons (Fsp3) is 0.222. The molecule has 0 aliphatic carbocycles. The van der Waals surface area contributed by atoms with Crippen LogP contribution in [0.5, 0.6) is 34.5 Å². The molecular formula is C36H36N2O6. The van der Waals surface area contributed by atoms with Gasteiger partial charge in [0.25, 0.3) is 0 Å². The topological polar surface area (TPSA) is 81.2 Å². The lowest BCUT2D eigenvalue weighted by Gasteiger charge is -2.25. The quantitative estimate of drug-likeness (QED) is 0.162. The highest BCUT2D eigenvalue weighted by molar-refractivity contribution is 5.96. The summed E-state index contributed by atoms with van der Waals surface area (Å²) in [6.07, 6.45) is 3.49. The van der Waals surface area contributed by atoms with E-state index in [9.17, 15) is 0 Å². The number of aryl methyl sites for hydroxylation is 2. The van der Waals surface area contributed by atoms with E-state index in [1.54, 1.807) is 55.1 Å². The van der Waals surface area contributed by atoms with E-state index >= 15 is 0 Å². The third-order valence-electron chi connectivity index (χ3n) is 7.59. The van der Waals surface area contributed by atoms with E-state index in [1.807, 2.05) is 42.5 Å². The van der Waals surface area contributed by atoms with Crippen molar-refractivity contribution in [3.8, 4) is 79.3 Å². The molecule has 0 bridgehead atoms. The van der Waals surface area contributed by atoms with Gasteiger partial charge in [-0.05, 0) is 55.3 Å². The smallest absolute Gasteiger partial charge is 0.173 e. The molecule has 0 atom stereocenters. The van der Waals surface area contributed by atoms with Crippen LogP contribution in [-0.4, -0.2) is 52.6 Å². The van der Waals surface area contributed by atoms with Crippen LogP contribution in [0.15, 0.2) is 73.1 Å². The lowest BCUT2D eigenvalue weighted by Crippen LogP contribution is -2.04. The average Bonchev–Trinajstić information content (AvgIpc) is 3.07. The maximum Gasteiger partial charge on any atom is 0.173 e. The van der Waals surface area contributed by atoms with Gasteiger partial charge in [-0.3, -0.25) is 9.97 Å². The molecule has 0 N–H and O–H groups in total. The molecule has 0 spiro atoms. The maximum atomic E-state index is 6.05. The number of aromatic nitrogens is 2. The number of rotatable bonds is 10. The second-order valence-electron chi connectivity index (χ2n) is 10.1. The van der Waals surface area contributed by atoms with Gasteiger partial charge in [-0.2, -0.15) is 0 Å². The second-order valence-corrected chi connectivity index (χ2v) is 10.1. The maximum absolute atomic E-state index is 6.05. The normalized spacial score (nSPS) is 10.7. The SMILES string of the molecule is COc1cc(-c2c(OC)c(OC)c(-c3ccc(-c4ccccn4)nc3)c(OC)c2OC)c(OC)cc1-c1cc(C)ccc1C. The zero-order chi connectivity index (χ0) is 31.4. The Labute approximate surface area is 258 Å². The van der Waals surface area contributed by atoms with E-state index in [2.05, 4.69) is 42.0 Å². The van der Waals surface area contributed by atoms with Crippen LogP contribution in [0.25, 0.3) is 44.8 Å². The lowest BCUT2D eigenvalue weighted by molar-refractivity contribution is 0.333. The highest BCUT2D eigenvalue weighted by Gasteiger charge is 2.31. The van der Waals surface area contributed by atoms with Crippen LogP contribution < -0.4 is 28.4 Å². The molecule has 0 aliphatic rings. The third kappa shape index (κ3) is 5.35.